The molecule has 4 heteroatoms. The minimum atomic E-state index is 0.669. The number of methoxy groups -OCH3 is 1. The van der Waals surface area contributed by atoms with Crippen LogP contribution in [0.1, 0.15) is 18.1 Å². The van der Waals surface area contributed by atoms with Gasteiger partial charge in [-0.15, -0.1) is 0 Å². The van der Waals surface area contributed by atoms with E-state index in [9.17, 15) is 0 Å². The Balaban J connectivity index is 2.10. The van der Waals surface area contributed by atoms with Gasteiger partial charge in [0.05, 0.1) is 13.7 Å². The molecule has 22 heavy (non-hydrogen) atoms. The number of nitrogens with zero attached hydrogens (tertiary/aromatic N) is 1. The third-order valence-corrected chi connectivity index (χ3v) is 3.63. The highest BCUT2D eigenvalue weighted by Gasteiger charge is 2.10. The maximum absolute atomic E-state index is 6.09. The molecule has 0 saturated heterocycles. The van der Waals surface area contributed by atoms with E-state index >= 15 is 0 Å². The second kappa shape index (κ2) is 8.06. The number of benzene rings is 2. The molecular weight excluding hydrogens is 298 g/mol. The van der Waals surface area contributed by atoms with Crippen LogP contribution in [-0.4, -0.2) is 25.7 Å². The number of halogens is 1. The van der Waals surface area contributed by atoms with Crippen LogP contribution in [-0.2, 0) is 13.1 Å². The molecule has 0 unspecified atom stereocenters. The molecule has 0 heterocycles. The van der Waals surface area contributed by atoms with Gasteiger partial charge in [0.2, 0.25) is 0 Å². The van der Waals surface area contributed by atoms with E-state index in [4.69, 9.17) is 21.1 Å². The molecule has 0 spiro atoms. The Morgan fingerprint density at radius 2 is 1.73 bits per heavy atom. The van der Waals surface area contributed by atoms with Gasteiger partial charge in [0.25, 0.3) is 0 Å². The molecule has 0 N–H and O–H groups in total. The molecule has 0 aromatic heterocycles. The lowest BCUT2D eigenvalue weighted by atomic mass is 10.1. The summed E-state index contributed by atoms with van der Waals surface area (Å²) in [5.41, 5.74) is 2.25. The van der Waals surface area contributed by atoms with E-state index in [0.29, 0.717) is 6.61 Å². The molecule has 0 aliphatic rings. The summed E-state index contributed by atoms with van der Waals surface area (Å²) < 4.78 is 11.1. The van der Waals surface area contributed by atoms with E-state index in [0.717, 1.165) is 35.2 Å². The van der Waals surface area contributed by atoms with E-state index in [-0.39, 0.29) is 0 Å². The minimum absolute atomic E-state index is 0.669. The van der Waals surface area contributed by atoms with Crippen LogP contribution >= 0.6 is 11.6 Å². The maximum Gasteiger partial charge on any atom is 0.123 e. The van der Waals surface area contributed by atoms with Crippen LogP contribution in [0, 0.1) is 0 Å². The summed E-state index contributed by atoms with van der Waals surface area (Å²) in [5, 5.41) is 0.721. The summed E-state index contributed by atoms with van der Waals surface area (Å²) in [6.07, 6.45) is 0. The summed E-state index contributed by atoms with van der Waals surface area (Å²) in [6, 6.07) is 13.8. The number of hydrogen-bond acceptors (Lipinski definition) is 3. The number of ether oxygens (including phenoxy) is 2. The van der Waals surface area contributed by atoms with Gasteiger partial charge in [-0.2, -0.15) is 0 Å². The fourth-order valence-electron chi connectivity index (χ4n) is 2.44. The van der Waals surface area contributed by atoms with Crippen molar-refractivity contribution in [2.75, 3.05) is 20.8 Å². The van der Waals surface area contributed by atoms with Crippen molar-refractivity contribution < 1.29 is 9.47 Å². The van der Waals surface area contributed by atoms with Crippen molar-refractivity contribution in [3.63, 3.8) is 0 Å². The molecule has 2 aromatic carbocycles. The van der Waals surface area contributed by atoms with Gasteiger partial charge in [-0.3, -0.25) is 4.90 Å². The van der Waals surface area contributed by atoms with Crippen LogP contribution in [0.15, 0.2) is 42.5 Å². The van der Waals surface area contributed by atoms with Crippen LogP contribution in [0.5, 0.6) is 11.5 Å². The van der Waals surface area contributed by atoms with Crippen LogP contribution in [0.4, 0.5) is 0 Å². The van der Waals surface area contributed by atoms with Gasteiger partial charge in [-0.1, -0.05) is 29.8 Å². The Labute approximate surface area is 137 Å². The molecule has 2 rings (SSSR count). The first-order chi connectivity index (χ1) is 10.6. The molecular formula is C18H22ClNO2. The summed E-state index contributed by atoms with van der Waals surface area (Å²) in [6.45, 7) is 4.22. The standard InChI is InChI=1S/C18H22ClNO2/c1-4-22-18-8-6-5-7-14(18)12-20(2)13-15-11-16(19)9-10-17(15)21-3/h5-11H,4,12-13H2,1-3H3. The van der Waals surface area contributed by atoms with E-state index in [1.165, 1.54) is 5.56 Å². The molecule has 0 saturated carbocycles. The predicted octanol–water partition coefficient (Wildman–Crippen LogP) is 4.38. The van der Waals surface area contributed by atoms with E-state index in [2.05, 4.69) is 18.0 Å². The molecule has 0 amide bonds. The molecule has 3 nitrogen and oxygen atoms in total. The Hall–Kier alpha value is -1.71. The van der Waals surface area contributed by atoms with Gasteiger partial charge in [0.15, 0.2) is 0 Å². The van der Waals surface area contributed by atoms with Gasteiger partial charge in [-0.25, -0.2) is 0 Å². The molecule has 0 bridgehead atoms. The highest BCUT2D eigenvalue weighted by atomic mass is 35.5. The first kappa shape index (κ1) is 16.7. The maximum atomic E-state index is 6.09. The quantitative estimate of drug-likeness (QED) is 0.756. The fourth-order valence-corrected chi connectivity index (χ4v) is 2.63. The van der Waals surface area contributed by atoms with Crippen LogP contribution < -0.4 is 9.47 Å². The van der Waals surface area contributed by atoms with Crippen LogP contribution in [0.25, 0.3) is 0 Å². The molecule has 0 aliphatic carbocycles. The summed E-state index contributed by atoms with van der Waals surface area (Å²) >= 11 is 6.09. The van der Waals surface area contributed by atoms with Gasteiger partial charge in [0.1, 0.15) is 11.5 Å². The first-order valence-electron chi connectivity index (χ1n) is 7.35. The van der Waals surface area contributed by atoms with Gasteiger partial charge in [0, 0.05) is 29.2 Å². The highest BCUT2D eigenvalue weighted by molar-refractivity contribution is 6.30. The third kappa shape index (κ3) is 4.39. The van der Waals surface area contributed by atoms with Gasteiger partial charge >= 0.3 is 0 Å². The topological polar surface area (TPSA) is 21.7 Å². The second-order valence-corrected chi connectivity index (χ2v) is 5.61. The smallest absolute Gasteiger partial charge is 0.123 e. The zero-order chi connectivity index (χ0) is 15.9. The molecule has 118 valence electrons. The molecule has 0 radical (unpaired) electrons. The highest BCUT2D eigenvalue weighted by Crippen LogP contribution is 2.25. The Bertz CT molecular complexity index is 616. The van der Waals surface area contributed by atoms with E-state index in [1.54, 1.807) is 7.11 Å². The lowest BCUT2D eigenvalue weighted by Crippen LogP contribution is -2.18. The zero-order valence-electron chi connectivity index (χ0n) is 13.3. The average molecular weight is 320 g/mol. The Morgan fingerprint density at radius 1 is 1.00 bits per heavy atom. The zero-order valence-corrected chi connectivity index (χ0v) is 14.1. The first-order valence-corrected chi connectivity index (χ1v) is 7.73. The molecule has 2 aromatic rings. The molecule has 0 atom stereocenters. The second-order valence-electron chi connectivity index (χ2n) is 5.17. The normalized spacial score (nSPS) is 10.8. The van der Waals surface area contributed by atoms with Crippen molar-refractivity contribution >= 4 is 11.6 Å². The SMILES string of the molecule is CCOc1ccccc1CN(C)Cc1cc(Cl)ccc1OC. The Kier molecular flexibility index (Phi) is 6.10. The summed E-state index contributed by atoms with van der Waals surface area (Å²) in [5.74, 6) is 1.80. The summed E-state index contributed by atoms with van der Waals surface area (Å²) in [4.78, 5) is 2.21. The minimum Gasteiger partial charge on any atom is -0.496 e. The average Bonchev–Trinajstić information content (AvgIpc) is 2.50. The van der Waals surface area contributed by atoms with Gasteiger partial charge in [-0.05, 0) is 38.2 Å². The Morgan fingerprint density at radius 3 is 2.45 bits per heavy atom. The lowest BCUT2D eigenvalue weighted by molar-refractivity contribution is 0.293. The predicted molar refractivity (Wildman–Crippen MR) is 90.8 cm³/mol. The van der Waals surface area contributed by atoms with Crippen LogP contribution in [0.2, 0.25) is 5.02 Å². The lowest BCUT2D eigenvalue weighted by Gasteiger charge is -2.20. The van der Waals surface area contributed by atoms with Crippen molar-refractivity contribution in [2.45, 2.75) is 20.0 Å². The number of rotatable bonds is 7. The third-order valence-electron chi connectivity index (χ3n) is 3.40. The van der Waals surface area contributed by atoms with Crippen molar-refractivity contribution in [3.8, 4) is 11.5 Å². The van der Waals surface area contributed by atoms with Crippen LogP contribution in [0.3, 0.4) is 0 Å². The van der Waals surface area contributed by atoms with E-state index < -0.39 is 0 Å². The monoisotopic (exact) mass is 319 g/mol. The fraction of sp³-hybridized carbons (Fsp3) is 0.333. The van der Waals surface area contributed by atoms with Crippen molar-refractivity contribution in [1.82, 2.24) is 4.90 Å². The summed E-state index contributed by atoms with van der Waals surface area (Å²) in [7, 11) is 3.75. The molecule has 0 aliphatic heterocycles. The largest absolute Gasteiger partial charge is 0.496 e. The van der Waals surface area contributed by atoms with Crippen molar-refractivity contribution in [3.05, 3.63) is 58.6 Å². The molecule has 0 fully saturated rings. The van der Waals surface area contributed by atoms with Crippen molar-refractivity contribution in [1.29, 1.82) is 0 Å². The number of para-hydroxylation sites is 1. The van der Waals surface area contributed by atoms with Gasteiger partial charge < -0.3 is 9.47 Å². The number of hydrogen-bond donors (Lipinski definition) is 0. The van der Waals surface area contributed by atoms with Crippen molar-refractivity contribution in [2.24, 2.45) is 0 Å². The van der Waals surface area contributed by atoms with E-state index in [1.807, 2.05) is 43.3 Å².